The van der Waals surface area contributed by atoms with Gasteiger partial charge < -0.3 is 10.5 Å². The number of aryl methyl sites for hydroxylation is 1. The molecule has 0 bridgehead atoms. The molecule has 0 fully saturated rings. The standard InChI is InChI=1S/C18H18F3N3O.C9H20.2C2H6/c1-10-7-16(25-18(20)21)12(8-14(10)19)17-11-3-5-23-9-13(11)15(22)4-6-24(17)2;1-4-5-6-7-8-9(2)3;2*1-2/h3-5,7-9,17-18H,6,22H2,1-2H3;9H,4-8H2,1-3H3;2*1-2H3. The molecule has 0 spiro atoms. The van der Waals surface area contributed by atoms with Crippen LogP contribution in [0.25, 0.3) is 5.70 Å². The average molecular weight is 538 g/mol. The second-order valence-electron chi connectivity index (χ2n) is 9.23. The molecule has 7 heteroatoms. The molecule has 0 saturated carbocycles. The SMILES string of the molecule is CC.CC.CCCCCCC(C)C.Cc1cc(OC(F)F)c(C2c3ccncc3C(N)=CCN2C)cc1F. The third kappa shape index (κ3) is 11.5. The van der Waals surface area contributed by atoms with Gasteiger partial charge in [-0.1, -0.05) is 80.6 Å². The largest absolute Gasteiger partial charge is 0.434 e. The van der Waals surface area contributed by atoms with Gasteiger partial charge in [-0.15, -0.1) is 0 Å². The lowest BCUT2D eigenvalue weighted by molar-refractivity contribution is -0.0510. The van der Waals surface area contributed by atoms with Gasteiger partial charge in [-0.05, 0) is 55.3 Å². The predicted molar refractivity (Wildman–Crippen MR) is 155 cm³/mol. The fraction of sp³-hybridized carbons (Fsp3) is 0.581. The second-order valence-corrected chi connectivity index (χ2v) is 9.23. The van der Waals surface area contributed by atoms with Crippen LogP contribution in [-0.2, 0) is 0 Å². The third-order valence-electron chi connectivity index (χ3n) is 5.94. The highest BCUT2D eigenvalue weighted by atomic mass is 19.3. The number of fused-ring (bicyclic) bond motifs is 1. The van der Waals surface area contributed by atoms with Gasteiger partial charge in [0, 0.05) is 35.8 Å². The first-order valence-electron chi connectivity index (χ1n) is 14.0. The number of alkyl halides is 2. The molecule has 1 atom stereocenters. The van der Waals surface area contributed by atoms with Crippen LogP contribution < -0.4 is 10.5 Å². The highest BCUT2D eigenvalue weighted by Crippen LogP contribution is 2.39. The van der Waals surface area contributed by atoms with Crippen molar-refractivity contribution in [1.82, 2.24) is 9.88 Å². The minimum atomic E-state index is -3.00. The molecule has 1 unspecified atom stereocenters. The first-order valence-corrected chi connectivity index (χ1v) is 14.0. The molecule has 1 aromatic heterocycles. The van der Waals surface area contributed by atoms with Crippen molar-refractivity contribution in [3.8, 4) is 5.75 Å². The highest BCUT2D eigenvalue weighted by molar-refractivity contribution is 5.67. The summed E-state index contributed by atoms with van der Waals surface area (Å²) in [6.45, 7) is 13.8. The Morgan fingerprint density at radius 3 is 2.32 bits per heavy atom. The van der Waals surface area contributed by atoms with Crippen LogP contribution in [0.1, 0.15) is 109 Å². The predicted octanol–water partition coefficient (Wildman–Crippen LogP) is 9.13. The van der Waals surface area contributed by atoms with Gasteiger partial charge >= 0.3 is 6.61 Å². The molecule has 0 aliphatic carbocycles. The maximum absolute atomic E-state index is 14.2. The van der Waals surface area contributed by atoms with E-state index in [2.05, 4.69) is 30.5 Å². The fourth-order valence-electron chi connectivity index (χ4n) is 4.05. The van der Waals surface area contributed by atoms with Crippen molar-refractivity contribution in [1.29, 1.82) is 0 Å². The summed E-state index contributed by atoms with van der Waals surface area (Å²) in [6.07, 6.45) is 12.1. The fourth-order valence-corrected chi connectivity index (χ4v) is 4.05. The number of hydrogen-bond acceptors (Lipinski definition) is 4. The zero-order chi connectivity index (χ0) is 29.3. The monoisotopic (exact) mass is 537 g/mol. The van der Waals surface area contributed by atoms with Crippen LogP contribution in [0, 0.1) is 18.7 Å². The smallest absolute Gasteiger partial charge is 0.387 e. The number of aromatic nitrogens is 1. The summed E-state index contributed by atoms with van der Waals surface area (Å²) in [4.78, 5) is 5.97. The van der Waals surface area contributed by atoms with Crippen molar-refractivity contribution in [3.63, 3.8) is 0 Å². The molecule has 0 amide bonds. The quantitative estimate of drug-likeness (QED) is 0.341. The zero-order valence-corrected chi connectivity index (χ0v) is 25.0. The van der Waals surface area contributed by atoms with Gasteiger partial charge in [-0.3, -0.25) is 9.88 Å². The number of hydrogen-bond donors (Lipinski definition) is 1. The molecule has 1 aliphatic heterocycles. The molecule has 1 aliphatic rings. The van der Waals surface area contributed by atoms with E-state index < -0.39 is 18.5 Å². The van der Waals surface area contributed by atoms with Gasteiger partial charge in [-0.2, -0.15) is 8.78 Å². The molecule has 3 rings (SSSR count). The van der Waals surface area contributed by atoms with E-state index in [0.717, 1.165) is 11.5 Å². The Bertz CT molecular complexity index is 948. The normalized spacial score (nSPS) is 14.6. The van der Waals surface area contributed by atoms with Crippen LogP contribution in [0.2, 0.25) is 0 Å². The minimum absolute atomic E-state index is 0.0472. The van der Waals surface area contributed by atoms with E-state index in [0.29, 0.717) is 23.4 Å². The summed E-state index contributed by atoms with van der Waals surface area (Å²) < 4.78 is 44.6. The Morgan fingerprint density at radius 2 is 1.74 bits per heavy atom. The number of benzene rings is 1. The number of likely N-dealkylation sites (N-methyl/N-ethyl adjacent to an activating group) is 1. The number of halogens is 3. The van der Waals surface area contributed by atoms with Crippen LogP contribution in [0.4, 0.5) is 13.2 Å². The van der Waals surface area contributed by atoms with Gasteiger partial charge in [0.2, 0.25) is 0 Å². The second kappa shape index (κ2) is 19.5. The summed E-state index contributed by atoms with van der Waals surface area (Å²) >= 11 is 0. The summed E-state index contributed by atoms with van der Waals surface area (Å²) in [6, 6.07) is 3.80. The van der Waals surface area contributed by atoms with Gasteiger partial charge in [0.15, 0.2) is 0 Å². The molecule has 4 nitrogen and oxygen atoms in total. The first kappa shape index (κ1) is 35.5. The van der Waals surface area contributed by atoms with E-state index in [4.69, 9.17) is 5.73 Å². The first-order chi connectivity index (χ1) is 18.1. The van der Waals surface area contributed by atoms with E-state index in [1.54, 1.807) is 18.5 Å². The zero-order valence-electron chi connectivity index (χ0n) is 25.0. The van der Waals surface area contributed by atoms with Crippen LogP contribution in [0.5, 0.6) is 5.75 Å². The number of ether oxygens (including phenoxy) is 1. The number of rotatable bonds is 8. The van der Waals surface area contributed by atoms with Crippen LogP contribution in [0.15, 0.2) is 36.7 Å². The van der Waals surface area contributed by atoms with Crippen molar-refractivity contribution >= 4 is 5.70 Å². The molecule has 2 N–H and O–H groups in total. The molecule has 0 saturated heterocycles. The van der Waals surface area contributed by atoms with E-state index in [9.17, 15) is 13.2 Å². The summed E-state index contributed by atoms with van der Waals surface area (Å²) in [5.74, 6) is 0.377. The number of pyridine rings is 1. The van der Waals surface area contributed by atoms with Crippen molar-refractivity contribution in [2.45, 2.75) is 100 Å². The maximum atomic E-state index is 14.2. The van der Waals surface area contributed by atoms with Crippen molar-refractivity contribution in [3.05, 3.63) is 64.7 Å². The van der Waals surface area contributed by atoms with Crippen molar-refractivity contribution in [2.75, 3.05) is 13.6 Å². The number of nitrogens with two attached hydrogens (primary N) is 1. The lowest BCUT2D eigenvalue weighted by Crippen LogP contribution is -2.26. The van der Waals surface area contributed by atoms with Gasteiger partial charge in [-0.25, -0.2) is 4.39 Å². The van der Waals surface area contributed by atoms with E-state index in [-0.39, 0.29) is 11.3 Å². The van der Waals surface area contributed by atoms with Gasteiger partial charge in [0.25, 0.3) is 0 Å². The van der Waals surface area contributed by atoms with Crippen molar-refractivity contribution < 1.29 is 17.9 Å². The molecule has 216 valence electrons. The Labute approximate surface area is 229 Å². The van der Waals surface area contributed by atoms with Crippen LogP contribution >= 0.6 is 0 Å². The Kier molecular flexibility index (Phi) is 18.2. The summed E-state index contributed by atoms with van der Waals surface area (Å²) in [7, 11) is 1.81. The van der Waals surface area contributed by atoms with Crippen LogP contribution in [0.3, 0.4) is 0 Å². The summed E-state index contributed by atoms with van der Waals surface area (Å²) in [5, 5.41) is 0. The van der Waals surface area contributed by atoms with Crippen LogP contribution in [-0.4, -0.2) is 30.1 Å². The van der Waals surface area contributed by atoms with E-state index in [1.165, 1.54) is 51.2 Å². The molecule has 2 aromatic rings. The summed E-state index contributed by atoms with van der Waals surface area (Å²) in [5.41, 5.74) is 8.64. The Morgan fingerprint density at radius 1 is 1.08 bits per heavy atom. The lowest BCUT2D eigenvalue weighted by Gasteiger charge is -2.29. The molecule has 2 heterocycles. The number of nitrogens with zero attached hydrogens (tertiary/aromatic N) is 2. The Balaban J connectivity index is 0.000000891. The minimum Gasteiger partial charge on any atom is -0.434 e. The van der Waals surface area contributed by atoms with Gasteiger partial charge in [0.05, 0.1) is 6.04 Å². The van der Waals surface area contributed by atoms with E-state index in [1.807, 2.05) is 45.7 Å². The van der Waals surface area contributed by atoms with E-state index >= 15 is 0 Å². The van der Waals surface area contributed by atoms with Gasteiger partial charge in [0.1, 0.15) is 11.6 Å². The molecule has 0 radical (unpaired) electrons. The molecular formula is C31H50F3N3O. The third-order valence-corrected chi connectivity index (χ3v) is 5.94. The lowest BCUT2D eigenvalue weighted by atomic mass is 9.93. The topological polar surface area (TPSA) is 51.4 Å². The molecular weight excluding hydrogens is 487 g/mol. The molecule has 1 aromatic carbocycles. The highest BCUT2D eigenvalue weighted by Gasteiger charge is 2.29. The Hall–Kier alpha value is -2.54. The number of unbranched alkanes of at least 4 members (excludes halogenated alkanes) is 3. The average Bonchev–Trinajstić information content (AvgIpc) is 3.02. The maximum Gasteiger partial charge on any atom is 0.387 e. The van der Waals surface area contributed by atoms with Crippen molar-refractivity contribution in [2.24, 2.45) is 11.7 Å². The molecule has 38 heavy (non-hydrogen) atoms.